The summed E-state index contributed by atoms with van der Waals surface area (Å²) < 4.78 is 54.6. The molecule has 1 rings (SSSR count). The van der Waals surface area contributed by atoms with E-state index in [1.807, 2.05) is 0 Å². The summed E-state index contributed by atoms with van der Waals surface area (Å²) in [7, 11) is 0. The van der Waals surface area contributed by atoms with Crippen molar-refractivity contribution in [3.05, 3.63) is 0 Å². The maximum Gasteiger partial charge on any atom is 0.362 e. The number of hydrogen-bond acceptors (Lipinski definition) is 3. The zero-order chi connectivity index (χ0) is 12.1. The van der Waals surface area contributed by atoms with Gasteiger partial charge in [0, 0.05) is 0 Å². The minimum Gasteiger partial charge on any atom is -0.319 e. The molecule has 0 radical (unpaired) electrons. The molecule has 0 aromatic carbocycles. The number of ether oxygens (including phenoxy) is 1. The van der Waals surface area contributed by atoms with E-state index in [0.29, 0.717) is 0 Å². The molecule has 0 aromatic heterocycles. The summed E-state index contributed by atoms with van der Waals surface area (Å²) in [5, 5.41) is 7.38. The second-order valence-electron chi connectivity index (χ2n) is 2.68. The van der Waals surface area contributed by atoms with Gasteiger partial charge in [0.15, 0.2) is 0 Å². The molecule has 0 aliphatic carbocycles. The molecule has 3 nitrogen and oxygen atoms in total. The van der Waals surface area contributed by atoms with Crippen LogP contribution in [0.1, 0.15) is 0 Å². The van der Waals surface area contributed by atoms with Crippen LogP contribution in [0.25, 0.3) is 0 Å². The monoisotopic (exact) mass is 262 g/mol. The van der Waals surface area contributed by atoms with Gasteiger partial charge in [0.25, 0.3) is 11.2 Å². The van der Waals surface area contributed by atoms with Crippen molar-refractivity contribution in [2.24, 2.45) is 0 Å². The van der Waals surface area contributed by atoms with Gasteiger partial charge >= 0.3 is 10.8 Å². The standard InChI is InChI=1S/C6Cl2F4N2O/c7-5(9,10)4(6(8,11)12)3(1-13,2-14)15-4. The molecule has 9 heteroatoms. The van der Waals surface area contributed by atoms with E-state index in [9.17, 15) is 17.6 Å². The fourth-order valence-electron chi connectivity index (χ4n) is 1.11. The number of nitriles is 2. The fraction of sp³-hybridized carbons (Fsp3) is 0.667. The lowest BCUT2D eigenvalue weighted by atomic mass is 9.95. The van der Waals surface area contributed by atoms with Crippen molar-refractivity contribution in [3.63, 3.8) is 0 Å². The maximum atomic E-state index is 12.7. The molecule has 1 heterocycles. The van der Waals surface area contributed by atoms with Crippen LogP contribution in [0.5, 0.6) is 0 Å². The van der Waals surface area contributed by atoms with Gasteiger partial charge < -0.3 is 4.74 Å². The number of halogens is 6. The molecule has 0 spiro atoms. The Bertz CT molecular complexity index is 347. The first kappa shape index (κ1) is 12.3. The van der Waals surface area contributed by atoms with E-state index in [1.54, 1.807) is 0 Å². The molecule has 0 bridgehead atoms. The largest absolute Gasteiger partial charge is 0.362 e. The first-order chi connectivity index (χ1) is 6.58. The van der Waals surface area contributed by atoms with Crippen molar-refractivity contribution in [1.29, 1.82) is 10.5 Å². The SMILES string of the molecule is N#CC1(C#N)OC1(C(F)(F)Cl)C(F)(F)Cl. The van der Waals surface area contributed by atoms with Gasteiger partial charge in [-0.15, -0.1) is 0 Å². The van der Waals surface area contributed by atoms with Gasteiger partial charge in [-0.3, -0.25) is 0 Å². The lowest BCUT2D eigenvalue weighted by molar-refractivity contribution is -0.101. The smallest absolute Gasteiger partial charge is 0.319 e. The summed E-state index contributed by atoms with van der Waals surface area (Å²) in [4.78, 5) is 0. The summed E-state index contributed by atoms with van der Waals surface area (Å²) in [6.45, 7) is 0. The van der Waals surface area contributed by atoms with E-state index in [4.69, 9.17) is 10.5 Å². The summed E-state index contributed by atoms with van der Waals surface area (Å²) in [6.07, 6.45) is 0. The molecule has 15 heavy (non-hydrogen) atoms. The Morgan fingerprint density at radius 1 is 1.00 bits per heavy atom. The van der Waals surface area contributed by atoms with Gasteiger partial charge in [-0.05, 0) is 23.2 Å². The summed E-state index contributed by atoms with van der Waals surface area (Å²) in [5.74, 6) is 0. The quantitative estimate of drug-likeness (QED) is 0.436. The predicted octanol–water partition coefficient (Wildman–Crippen LogP) is 2.20. The molecule has 1 aliphatic rings. The summed E-state index contributed by atoms with van der Waals surface area (Å²) in [6, 6.07) is 1.79. The highest BCUT2D eigenvalue weighted by molar-refractivity contribution is 6.27. The zero-order valence-corrected chi connectivity index (χ0v) is 8.08. The third kappa shape index (κ3) is 1.27. The second-order valence-corrected chi connectivity index (χ2v) is 3.63. The van der Waals surface area contributed by atoms with Crippen molar-refractivity contribution >= 4 is 23.2 Å². The minimum atomic E-state index is -4.65. The Morgan fingerprint density at radius 2 is 1.33 bits per heavy atom. The molecule has 82 valence electrons. The Kier molecular flexibility index (Phi) is 2.36. The summed E-state index contributed by atoms with van der Waals surface area (Å²) >= 11 is 8.78. The third-order valence-electron chi connectivity index (χ3n) is 1.87. The first-order valence-electron chi connectivity index (χ1n) is 3.24. The van der Waals surface area contributed by atoms with Crippen LogP contribution in [0.4, 0.5) is 17.6 Å². The lowest BCUT2D eigenvalue weighted by Crippen LogP contribution is -2.50. The van der Waals surface area contributed by atoms with Crippen LogP contribution in [-0.4, -0.2) is 22.0 Å². The van der Waals surface area contributed by atoms with Gasteiger partial charge in [0.2, 0.25) is 0 Å². The summed E-state index contributed by atoms with van der Waals surface area (Å²) in [5.41, 5.74) is -6.86. The fourth-order valence-corrected chi connectivity index (χ4v) is 1.74. The number of nitrogens with zero attached hydrogens (tertiary/aromatic N) is 2. The number of epoxide rings is 1. The average Bonchev–Trinajstić information content (AvgIpc) is 2.73. The van der Waals surface area contributed by atoms with Crippen LogP contribution in [-0.2, 0) is 4.74 Å². The van der Waals surface area contributed by atoms with E-state index in [0.717, 1.165) is 12.1 Å². The van der Waals surface area contributed by atoms with Crippen molar-refractivity contribution in [3.8, 4) is 12.1 Å². The highest BCUT2D eigenvalue weighted by atomic mass is 35.5. The number of rotatable bonds is 2. The minimum absolute atomic E-state index is 0.894. The lowest BCUT2D eigenvalue weighted by Gasteiger charge is -2.22. The van der Waals surface area contributed by atoms with Crippen LogP contribution < -0.4 is 0 Å². The van der Waals surface area contributed by atoms with Crippen molar-refractivity contribution < 1.29 is 22.3 Å². The Hall–Kier alpha value is -0.760. The molecule has 0 amide bonds. The second kappa shape index (κ2) is 2.88. The maximum absolute atomic E-state index is 12.7. The molecular weight excluding hydrogens is 263 g/mol. The van der Waals surface area contributed by atoms with Crippen molar-refractivity contribution in [2.45, 2.75) is 22.0 Å². The molecule has 0 aromatic rings. The van der Waals surface area contributed by atoms with Crippen LogP contribution in [0, 0.1) is 22.7 Å². The normalized spacial score (nSPS) is 22.7. The Labute approximate surface area is 90.7 Å². The molecule has 0 atom stereocenters. The number of alkyl halides is 6. The molecule has 0 saturated carbocycles. The van der Waals surface area contributed by atoms with E-state index in [-0.39, 0.29) is 0 Å². The van der Waals surface area contributed by atoms with Gasteiger partial charge in [0.1, 0.15) is 12.1 Å². The molecule has 0 N–H and O–H groups in total. The molecule has 0 unspecified atom stereocenters. The van der Waals surface area contributed by atoms with Crippen LogP contribution in [0.3, 0.4) is 0 Å². The van der Waals surface area contributed by atoms with E-state index >= 15 is 0 Å². The van der Waals surface area contributed by atoms with Crippen LogP contribution in [0.2, 0.25) is 0 Å². The van der Waals surface area contributed by atoms with Crippen LogP contribution >= 0.6 is 23.2 Å². The van der Waals surface area contributed by atoms with Crippen molar-refractivity contribution in [2.75, 3.05) is 0 Å². The van der Waals surface area contributed by atoms with Gasteiger partial charge in [0.05, 0.1) is 0 Å². The topological polar surface area (TPSA) is 60.1 Å². The predicted molar refractivity (Wildman–Crippen MR) is 39.4 cm³/mol. The molecule has 1 fully saturated rings. The highest BCUT2D eigenvalue weighted by Crippen LogP contribution is 2.66. The average molecular weight is 263 g/mol. The number of hydrogen-bond donors (Lipinski definition) is 0. The molecule has 1 aliphatic heterocycles. The van der Waals surface area contributed by atoms with Gasteiger partial charge in [-0.2, -0.15) is 28.1 Å². The molecule has 1 saturated heterocycles. The Morgan fingerprint density at radius 3 is 1.40 bits per heavy atom. The van der Waals surface area contributed by atoms with Gasteiger partial charge in [-0.25, -0.2) is 0 Å². The third-order valence-corrected chi connectivity index (χ3v) is 2.41. The van der Waals surface area contributed by atoms with E-state index in [2.05, 4.69) is 27.9 Å². The van der Waals surface area contributed by atoms with Crippen molar-refractivity contribution in [1.82, 2.24) is 0 Å². The molecular formula is C6Cl2F4N2O. The zero-order valence-electron chi connectivity index (χ0n) is 6.57. The van der Waals surface area contributed by atoms with Crippen LogP contribution in [0.15, 0.2) is 0 Å². The van der Waals surface area contributed by atoms with Gasteiger partial charge in [-0.1, -0.05) is 0 Å². The first-order valence-corrected chi connectivity index (χ1v) is 4.00. The Balaban J connectivity index is 3.33. The van der Waals surface area contributed by atoms with E-state index in [1.165, 1.54) is 0 Å². The van der Waals surface area contributed by atoms with E-state index < -0.39 is 22.0 Å². The highest BCUT2D eigenvalue weighted by Gasteiger charge is 2.93.